The molecule has 1 saturated heterocycles. The lowest BCUT2D eigenvalue weighted by Crippen LogP contribution is -2.36. The Balaban J connectivity index is 2.19. The number of anilines is 2. The van der Waals surface area contributed by atoms with Crippen molar-refractivity contribution in [3.8, 4) is 0 Å². The van der Waals surface area contributed by atoms with Crippen molar-refractivity contribution in [2.75, 3.05) is 23.7 Å². The predicted molar refractivity (Wildman–Crippen MR) is 75.0 cm³/mol. The molecule has 3 N–H and O–H groups in total. The van der Waals surface area contributed by atoms with Gasteiger partial charge in [0.2, 0.25) is 5.91 Å². The van der Waals surface area contributed by atoms with Gasteiger partial charge in [0.1, 0.15) is 17.5 Å². The summed E-state index contributed by atoms with van der Waals surface area (Å²) in [6, 6.07) is 0.193. The minimum absolute atomic E-state index is 0.0139. The molecule has 2 rings (SSSR count). The Hall–Kier alpha value is -1.85. The van der Waals surface area contributed by atoms with Gasteiger partial charge in [0.15, 0.2) is 0 Å². The van der Waals surface area contributed by atoms with Crippen LogP contribution in [0.4, 0.5) is 11.6 Å². The molecule has 1 unspecified atom stereocenters. The third kappa shape index (κ3) is 2.94. The Bertz CT molecular complexity index is 488. The SMILES string of the molecule is CCc1nc(N)c(C)c(N2CCC(NC(C)=O)C2)n1. The van der Waals surface area contributed by atoms with Crippen molar-refractivity contribution in [3.63, 3.8) is 0 Å². The summed E-state index contributed by atoms with van der Waals surface area (Å²) in [5.41, 5.74) is 6.85. The molecule has 0 saturated carbocycles. The molecule has 0 spiro atoms. The van der Waals surface area contributed by atoms with Crippen LogP contribution >= 0.6 is 0 Å². The molecule has 0 aliphatic carbocycles. The number of rotatable bonds is 3. The zero-order valence-electron chi connectivity index (χ0n) is 11.7. The molecular formula is C13H21N5O. The highest BCUT2D eigenvalue weighted by Crippen LogP contribution is 2.25. The summed E-state index contributed by atoms with van der Waals surface area (Å²) in [4.78, 5) is 22.1. The fourth-order valence-corrected chi connectivity index (χ4v) is 2.39. The molecule has 1 aliphatic rings. The third-order valence-electron chi connectivity index (χ3n) is 3.42. The Kier molecular flexibility index (Phi) is 3.87. The van der Waals surface area contributed by atoms with E-state index in [4.69, 9.17) is 5.73 Å². The Labute approximate surface area is 113 Å². The smallest absolute Gasteiger partial charge is 0.217 e. The average molecular weight is 263 g/mol. The van der Waals surface area contributed by atoms with Crippen molar-refractivity contribution in [2.45, 2.75) is 39.7 Å². The Morgan fingerprint density at radius 2 is 2.26 bits per heavy atom. The van der Waals surface area contributed by atoms with Crippen LogP contribution in [0.1, 0.15) is 31.7 Å². The van der Waals surface area contributed by atoms with Gasteiger partial charge in [-0.2, -0.15) is 0 Å². The quantitative estimate of drug-likeness (QED) is 0.836. The lowest BCUT2D eigenvalue weighted by Gasteiger charge is -2.21. The third-order valence-corrected chi connectivity index (χ3v) is 3.42. The second kappa shape index (κ2) is 5.42. The van der Waals surface area contributed by atoms with Gasteiger partial charge in [0.05, 0.1) is 0 Å². The van der Waals surface area contributed by atoms with Crippen LogP contribution < -0.4 is 16.0 Å². The van der Waals surface area contributed by atoms with E-state index in [1.165, 1.54) is 0 Å². The van der Waals surface area contributed by atoms with Gasteiger partial charge in [-0.1, -0.05) is 6.92 Å². The number of aromatic nitrogens is 2. The maximum atomic E-state index is 11.1. The van der Waals surface area contributed by atoms with Crippen molar-refractivity contribution in [3.05, 3.63) is 11.4 Å². The van der Waals surface area contributed by atoms with Crippen LogP contribution in [0.2, 0.25) is 0 Å². The normalized spacial score (nSPS) is 18.7. The Morgan fingerprint density at radius 1 is 1.53 bits per heavy atom. The zero-order valence-corrected chi connectivity index (χ0v) is 11.7. The number of nitrogens with zero attached hydrogens (tertiary/aromatic N) is 3. The minimum atomic E-state index is 0.0139. The Morgan fingerprint density at radius 3 is 2.89 bits per heavy atom. The lowest BCUT2D eigenvalue weighted by molar-refractivity contribution is -0.119. The molecule has 1 aromatic heterocycles. The molecule has 1 fully saturated rings. The van der Waals surface area contributed by atoms with Crippen LogP contribution in [0, 0.1) is 6.92 Å². The first-order valence-corrected chi connectivity index (χ1v) is 6.66. The van der Waals surface area contributed by atoms with Gasteiger partial charge in [-0.3, -0.25) is 4.79 Å². The monoisotopic (exact) mass is 263 g/mol. The van der Waals surface area contributed by atoms with E-state index in [2.05, 4.69) is 20.2 Å². The molecule has 1 aromatic rings. The summed E-state index contributed by atoms with van der Waals surface area (Å²) in [6.45, 7) is 7.16. The number of hydrogen-bond donors (Lipinski definition) is 2. The van der Waals surface area contributed by atoms with E-state index in [1.54, 1.807) is 6.92 Å². The van der Waals surface area contributed by atoms with E-state index in [-0.39, 0.29) is 11.9 Å². The van der Waals surface area contributed by atoms with Crippen LogP contribution in [0.5, 0.6) is 0 Å². The maximum Gasteiger partial charge on any atom is 0.217 e. The summed E-state index contributed by atoms with van der Waals surface area (Å²) in [6.07, 6.45) is 1.70. The number of carbonyl (C=O) groups excluding carboxylic acids is 1. The first-order chi connectivity index (χ1) is 9.01. The van der Waals surface area contributed by atoms with E-state index in [0.717, 1.165) is 43.1 Å². The van der Waals surface area contributed by atoms with Crippen LogP contribution in [-0.2, 0) is 11.2 Å². The van der Waals surface area contributed by atoms with Crippen molar-refractivity contribution >= 4 is 17.5 Å². The van der Waals surface area contributed by atoms with E-state index in [1.807, 2.05) is 13.8 Å². The second-order valence-corrected chi connectivity index (χ2v) is 4.96. The summed E-state index contributed by atoms with van der Waals surface area (Å²) in [5.74, 6) is 2.23. The van der Waals surface area contributed by atoms with Crippen molar-refractivity contribution in [1.82, 2.24) is 15.3 Å². The van der Waals surface area contributed by atoms with Crippen molar-refractivity contribution < 1.29 is 4.79 Å². The van der Waals surface area contributed by atoms with Gasteiger partial charge in [-0.25, -0.2) is 9.97 Å². The van der Waals surface area contributed by atoms with Crippen LogP contribution in [-0.4, -0.2) is 35.0 Å². The summed E-state index contributed by atoms with van der Waals surface area (Å²) >= 11 is 0. The average Bonchev–Trinajstić information content (AvgIpc) is 2.79. The first-order valence-electron chi connectivity index (χ1n) is 6.66. The van der Waals surface area contributed by atoms with Crippen LogP contribution in [0.25, 0.3) is 0 Å². The molecule has 19 heavy (non-hydrogen) atoms. The number of hydrogen-bond acceptors (Lipinski definition) is 5. The van der Waals surface area contributed by atoms with E-state index >= 15 is 0 Å². The molecule has 2 heterocycles. The predicted octanol–water partition coefficient (Wildman–Crippen LogP) is 0.644. The second-order valence-electron chi connectivity index (χ2n) is 4.96. The molecule has 1 atom stereocenters. The number of nitrogens with one attached hydrogen (secondary N) is 1. The fraction of sp³-hybridized carbons (Fsp3) is 0.615. The number of nitrogens with two attached hydrogens (primary N) is 1. The summed E-state index contributed by atoms with van der Waals surface area (Å²) < 4.78 is 0. The highest BCUT2D eigenvalue weighted by molar-refractivity contribution is 5.73. The molecule has 6 heteroatoms. The van der Waals surface area contributed by atoms with Gasteiger partial charge in [-0.15, -0.1) is 0 Å². The number of amides is 1. The molecule has 0 radical (unpaired) electrons. The molecule has 0 bridgehead atoms. The molecule has 6 nitrogen and oxygen atoms in total. The fourth-order valence-electron chi connectivity index (χ4n) is 2.39. The van der Waals surface area contributed by atoms with Gasteiger partial charge in [0, 0.05) is 38.0 Å². The first kappa shape index (κ1) is 13.6. The van der Waals surface area contributed by atoms with Gasteiger partial charge >= 0.3 is 0 Å². The van der Waals surface area contributed by atoms with Crippen LogP contribution in [0.15, 0.2) is 0 Å². The number of carbonyl (C=O) groups is 1. The summed E-state index contributed by atoms with van der Waals surface area (Å²) in [7, 11) is 0. The number of nitrogen functional groups attached to an aromatic ring is 1. The van der Waals surface area contributed by atoms with E-state index in [9.17, 15) is 4.79 Å². The molecular weight excluding hydrogens is 242 g/mol. The van der Waals surface area contributed by atoms with Gasteiger partial charge in [-0.05, 0) is 13.3 Å². The zero-order chi connectivity index (χ0) is 14.0. The standard InChI is InChI=1S/C13H21N5O/c1-4-11-16-12(14)8(2)13(17-11)18-6-5-10(7-18)15-9(3)19/h10H,4-7H2,1-3H3,(H,15,19)(H2,14,16,17). The summed E-state index contributed by atoms with van der Waals surface area (Å²) in [5, 5.41) is 2.95. The van der Waals surface area contributed by atoms with E-state index < -0.39 is 0 Å². The lowest BCUT2D eigenvalue weighted by atomic mass is 10.2. The highest BCUT2D eigenvalue weighted by atomic mass is 16.1. The van der Waals surface area contributed by atoms with Crippen LogP contribution in [0.3, 0.4) is 0 Å². The van der Waals surface area contributed by atoms with Gasteiger partial charge < -0.3 is 16.0 Å². The van der Waals surface area contributed by atoms with Gasteiger partial charge in [0.25, 0.3) is 0 Å². The molecule has 0 aromatic carbocycles. The number of aryl methyl sites for hydroxylation is 1. The minimum Gasteiger partial charge on any atom is -0.383 e. The topological polar surface area (TPSA) is 84.1 Å². The van der Waals surface area contributed by atoms with E-state index in [0.29, 0.717) is 5.82 Å². The molecule has 1 aliphatic heterocycles. The van der Waals surface area contributed by atoms with Crippen molar-refractivity contribution in [2.24, 2.45) is 0 Å². The molecule has 1 amide bonds. The molecule has 104 valence electrons. The highest BCUT2D eigenvalue weighted by Gasteiger charge is 2.26. The maximum absolute atomic E-state index is 11.1. The van der Waals surface area contributed by atoms with Crippen molar-refractivity contribution in [1.29, 1.82) is 0 Å². The largest absolute Gasteiger partial charge is 0.383 e.